The number of fused-ring (bicyclic) bond motifs is 1. The molecule has 1 N–H and O–H groups in total. The average Bonchev–Trinajstić information content (AvgIpc) is 3.43. The first-order valence-corrected chi connectivity index (χ1v) is 12.9. The highest BCUT2D eigenvalue weighted by Gasteiger charge is 2.38. The summed E-state index contributed by atoms with van der Waals surface area (Å²) >= 11 is 1.78. The Morgan fingerprint density at radius 3 is 2.68 bits per heavy atom. The van der Waals surface area contributed by atoms with Gasteiger partial charge in [-0.25, -0.2) is 0 Å². The van der Waals surface area contributed by atoms with Crippen LogP contribution in [-0.2, 0) is 11.3 Å². The zero-order valence-corrected chi connectivity index (χ0v) is 22.4. The summed E-state index contributed by atoms with van der Waals surface area (Å²) in [5.41, 5.74) is 1.58. The minimum Gasteiger partial charge on any atom is -0.462 e. The Bertz CT molecular complexity index is 999. The summed E-state index contributed by atoms with van der Waals surface area (Å²) in [6, 6.07) is 8.29. The Morgan fingerprint density at radius 2 is 2.00 bits per heavy atom. The van der Waals surface area contributed by atoms with Crippen LogP contribution in [0.3, 0.4) is 0 Å². The lowest BCUT2D eigenvalue weighted by molar-refractivity contribution is -0.190. The monoisotopic (exact) mass is 487 g/mol. The van der Waals surface area contributed by atoms with Crippen LogP contribution < -0.4 is 0 Å². The highest BCUT2D eigenvalue weighted by Crippen LogP contribution is 2.35. The lowest BCUT2D eigenvalue weighted by Gasteiger charge is -2.47. The molecule has 1 fully saturated rings. The van der Waals surface area contributed by atoms with E-state index in [-0.39, 0.29) is 5.54 Å². The van der Waals surface area contributed by atoms with Crippen LogP contribution in [0.4, 0.5) is 0 Å². The molecular formula is C27H41N3O3S. The van der Waals surface area contributed by atoms with Crippen molar-refractivity contribution >= 4 is 29.1 Å². The summed E-state index contributed by atoms with van der Waals surface area (Å²) < 4.78 is 5.65. The molecule has 0 aromatic carbocycles. The molecule has 0 spiro atoms. The third kappa shape index (κ3) is 7.47. The molecule has 1 aliphatic rings. The molecule has 7 heteroatoms. The Kier molecular flexibility index (Phi) is 10.9. The van der Waals surface area contributed by atoms with Crippen molar-refractivity contribution in [3.05, 3.63) is 41.6 Å². The summed E-state index contributed by atoms with van der Waals surface area (Å²) in [4.78, 5) is 17.5. The molecule has 1 saturated heterocycles. The minimum atomic E-state index is -0.185. The third-order valence-electron chi connectivity index (χ3n) is 5.62. The maximum atomic E-state index is 10.6. The minimum absolute atomic E-state index is 0.185. The number of likely N-dealkylation sites (tertiary alicyclic amines) is 1. The zero-order valence-electron chi connectivity index (χ0n) is 21.6. The first-order chi connectivity index (χ1) is 16.2. The first-order valence-electron chi connectivity index (χ1n) is 12.1. The number of hydrogen-bond acceptors (Lipinski definition) is 7. The topological polar surface area (TPSA) is 69.8 Å². The van der Waals surface area contributed by atoms with Crippen LogP contribution in [0.2, 0.25) is 0 Å². The number of hydrogen-bond donors (Lipinski definition) is 1. The summed E-state index contributed by atoms with van der Waals surface area (Å²) in [6.45, 7) is 18.6. The van der Waals surface area contributed by atoms with Crippen molar-refractivity contribution in [1.29, 1.82) is 0 Å². The lowest BCUT2D eigenvalue weighted by Crippen LogP contribution is -2.57. The molecule has 0 aliphatic carbocycles. The van der Waals surface area contributed by atoms with Gasteiger partial charge in [-0.1, -0.05) is 34.6 Å². The van der Waals surface area contributed by atoms with Crippen LogP contribution in [0.15, 0.2) is 41.1 Å². The molecule has 0 amide bonds. The van der Waals surface area contributed by atoms with Crippen molar-refractivity contribution < 1.29 is 14.4 Å². The molecule has 188 valence electrons. The number of pyridine rings is 1. The van der Waals surface area contributed by atoms with Crippen molar-refractivity contribution in [1.82, 2.24) is 14.9 Å². The van der Waals surface area contributed by atoms with Gasteiger partial charge in [0.25, 0.3) is 0 Å². The van der Waals surface area contributed by atoms with Gasteiger partial charge in [0.2, 0.25) is 0 Å². The van der Waals surface area contributed by atoms with E-state index in [1.54, 1.807) is 22.7 Å². The van der Waals surface area contributed by atoms with Gasteiger partial charge < -0.3 is 14.4 Å². The van der Waals surface area contributed by atoms with E-state index in [2.05, 4.69) is 63.6 Å². The molecule has 4 rings (SSSR count). The Morgan fingerprint density at radius 1 is 1.29 bits per heavy atom. The maximum absolute atomic E-state index is 10.6. The van der Waals surface area contributed by atoms with E-state index in [1.165, 1.54) is 4.88 Å². The van der Waals surface area contributed by atoms with Gasteiger partial charge >= 0.3 is 0 Å². The van der Waals surface area contributed by atoms with E-state index in [4.69, 9.17) is 9.21 Å². The summed E-state index contributed by atoms with van der Waals surface area (Å²) in [5.74, 6) is 1.39. The molecule has 4 heterocycles. The second-order valence-electron chi connectivity index (χ2n) is 10.1. The molecule has 6 nitrogen and oxygen atoms in total. The van der Waals surface area contributed by atoms with Gasteiger partial charge in [-0.2, -0.15) is 5.06 Å². The molecule has 2 atom stereocenters. The molecular weight excluding hydrogens is 446 g/mol. The van der Waals surface area contributed by atoms with Crippen molar-refractivity contribution in [2.75, 3.05) is 19.6 Å². The van der Waals surface area contributed by atoms with Gasteiger partial charge in [-0.05, 0) is 55.9 Å². The second kappa shape index (κ2) is 13.1. The number of rotatable bonds is 6. The summed E-state index contributed by atoms with van der Waals surface area (Å²) in [5, 5.41) is 13.2. The van der Waals surface area contributed by atoms with Crippen molar-refractivity contribution in [2.24, 2.45) is 11.8 Å². The molecule has 3 aromatic heterocycles. The molecule has 0 radical (unpaired) electrons. The Balaban J connectivity index is 0.000000618. The van der Waals surface area contributed by atoms with E-state index in [9.17, 15) is 5.21 Å². The fourth-order valence-corrected chi connectivity index (χ4v) is 5.58. The molecule has 1 aliphatic heterocycles. The van der Waals surface area contributed by atoms with Gasteiger partial charge in [0.1, 0.15) is 12.5 Å². The normalized spacial score (nSPS) is 20.7. The van der Waals surface area contributed by atoms with E-state index < -0.39 is 0 Å². The maximum Gasteiger partial charge on any atom is 0.160 e. The Labute approximate surface area is 208 Å². The van der Waals surface area contributed by atoms with Crippen LogP contribution >= 0.6 is 11.3 Å². The van der Waals surface area contributed by atoms with E-state index in [0.29, 0.717) is 5.92 Å². The van der Waals surface area contributed by atoms with Crippen LogP contribution in [0, 0.1) is 11.8 Å². The van der Waals surface area contributed by atoms with Crippen LogP contribution in [-0.4, -0.2) is 52.1 Å². The highest BCUT2D eigenvalue weighted by molar-refractivity contribution is 7.15. The van der Waals surface area contributed by atoms with E-state index in [0.717, 1.165) is 66.5 Å². The number of aromatic nitrogens is 1. The van der Waals surface area contributed by atoms with E-state index >= 15 is 0 Å². The number of thiophene rings is 1. The number of hydroxylamine groups is 2. The molecule has 0 bridgehead atoms. The van der Waals surface area contributed by atoms with Gasteiger partial charge in [0.05, 0.1) is 16.7 Å². The van der Waals surface area contributed by atoms with Crippen LogP contribution in [0.5, 0.6) is 0 Å². The highest BCUT2D eigenvalue weighted by atomic mass is 32.1. The summed E-state index contributed by atoms with van der Waals surface area (Å²) in [7, 11) is 0. The fraction of sp³-hybridized carbons (Fsp3) is 0.556. The predicted octanol–water partition coefficient (Wildman–Crippen LogP) is 6.74. The van der Waals surface area contributed by atoms with Crippen molar-refractivity contribution in [2.45, 2.75) is 66.5 Å². The smallest absolute Gasteiger partial charge is 0.160 e. The Hall–Kier alpha value is -2.06. The van der Waals surface area contributed by atoms with Gasteiger partial charge in [0.15, 0.2) is 5.58 Å². The van der Waals surface area contributed by atoms with E-state index in [1.807, 2.05) is 25.1 Å². The van der Waals surface area contributed by atoms with Crippen LogP contribution in [0.1, 0.15) is 59.3 Å². The van der Waals surface area contributed by atoms with Crippen molar-refractivity contribution in [3.63, 3.8) is 0 Å². The second-order valence-corrected chi connectivity index (χ2v) is 11.3. The number of nitrogens with zero attached hydrogens (tertiary/aromatic N) is 3. The lowest BCUT2D eigenvalue weighted by atomic mass is 9.84. The fourth-order valence-electron chi connectivity index (χ4n) is 4.54. The van der Waals surface area contributed by atoms with Crippen LogP contribution in [0.25, 0.3) is 21.5 Å². The molecule has 3 aromatic rings. The summed E-state index contributed by atoms with van der Waals surface area (Å²) in [6.07, 6.45) is 5.55. The number of piperidine rings is 1. The van der Waals surface area contributed by atoms with Crippen molar-refractivity contribution in [3.8, 4) is 10.6 Å². The number of carbonyl (C=O) groups excluding carboxylic acids is 1. The van der Waals surface area contributed by atoms with Gasteiger partial charge in [-0.15, -0.1) is 11.3 Å². The predicted molar refractivity (Wildman–Crippen MR) is 141 cm³/mol. The quantitative estimate of drug-likeness (QED) is 0.389. The first kappa shape index (κ1) is 28.2. The van der Waals surface area contributed by atoms with Gasteiger partial charge in [0, 0.05) is 42.6 Å². The standard InChI is InChI=1S/C22H29N3O2S.C4H10.CH2O/c1-4-10-25(26)22(3)12-16(2)13-24(15-22)14-18-5-6-19(28-18)20-21-17(7-9-23-20)8-11-27-21;1-4(2)3;1-2/h5-9,11,16,26H,4,10,12-15H2,1-3H3;4H,1-3H3;1H2/t16?,22-;;/m0../s1. The molecule has 34 heavy (non-hydrogen) atoms. The largest absolute Gasteiger partial charge is 0.462 e. The molecule has 1 unspecified atom stereocenters. The third-order valence-corrected chi connectivity index (χ3v) is 6.70. The SMILES string of the molecule is C=O.CC(C)C.CCCN(O)[C@@]1(C)CC(C)CN(Cc2ccc(-c3nccc4ccoc34)s2)C1. The van der Waals surface area contributed by atoms with Gasteiger partial charge in [-0.3, -0.25) is 9.88 Å². The number of carbonyl (C=O) groups is 1. The molecule has 0 saturated carbocycles. The average molecular weight is 488 g/mol. The number of furan rings is 1. The zero-order chi connectivity index (χ0) is 25.3.